The third-order valence-electron chi connectivity index (χ3n) is 5.24. The predicted molar refractivity (Wildman–Crippen MR) is 113 cm³/mol. The van der Waals surface area contributed by atoms with Crippen molar-refractivity contribution in [1.29, 1.82) is 0 Å². The molecule has 0 bridgehead atoms. The molecule has 1 aliphatic carbocycles. The minimum Gasteiger partial charge on any atom is -0.378 e. The molecule has 24 heavy (non-hydrogen) atoms. The summed E-state index contributed by atoms with van der Waals surface area (Å²) in [4.78, 5) is 7.28. The molecule has 1 heterocycles. The van der Waals surface area contributed by atoms with Crippen molar-refractivity contribution in [3.8, 4) is 0 Å². The van der Waals surface area contributed by atoms with Gasteiger partial charge < -0.3 is 15.0 Å². The van der Waals surface area contributed by atoms with Gasteiger partial charge in [0.1, 0.15) is 0 Å². The maximum atomic E-state index is 5.75. The molecule has 142 valence electrons. The second-order valence-corrected chi connectivity index (χ2v) is 7.02. The van der Waals surface area contributed by atoms with Crippen molar-refractivity contribution in [3.63, 3.8) is 0 Å². The molecule has 0 radical (unpaired) electrons. The molecule has 1 saturated carbocycles. The summed E-state index contributed by atoms with van der Waals surface area (Å²) in [6, 6.07) is 0. The van der Waals surface area contributed by atoms with Crippen molar-refractivity contribution in [3.05, 3.63) is 0 Å². The van der Waals surface area contributed by atoms with Gasteiger partial charge >= 0.3 is 0 Å². The Morgan fingerprint density at radius 1 is 1.08 bits per heavy atom. The van der Waals surface area contributed by atoms with Gasteiger partial charge in [0, 0.05) is 32.8 Å². The zero-order valence-corrected chi connectivity index (χ0v) is 18.1. The van der Waals surface area contributed by atoms with E-state index in [1.807, 2.05) is 0 Å². The summed E-state index contributed by atoms with van der Waals surface area (Å²) in [6.07, 6.45) is 12.6. The van der Waals surface area contributed by atoms with E-state index < -0.39 is 0 Å². The SMILES string of the molecule is CCNC(=NCCCCC1CCCC1)N1CCC(OCC)CC1.I. The Balaban J connectivity index is 0.00000288. The van der Waals surface area contributed by atoms with Crippen molar-refractivity contribution < 1.29 is 4.74 Å². The first-order chi connectivity index (χ1) is 11.3. The lowest BCUT2D eigenvalue weighted by atomic mass is 10.0. The summed E-state index contributed by atoms with van der Waals surface area (Å²) >= 11 is 0. The van der Waals surface area contributed by atoms with Crippen LogP contribution in [0.25, 0.3) is 0 Å². The Hall–Kier alpha value is -0.0400. The highest BCUT2D eigenvalue weighted by Crippen LogP contribution is 2.28. The lowest BCUT2D eigenvalue weighted by Crippen LogP contribution is -2.47. The van der Waals surface area contributed by atoms with Crippen molar-refractivity contribution in [2.75, 3.05) is 32.8 Å². The molecule has 2 aliphatic rings. The normalized spacial score (nSPS) is 20.2. The summed E-state index contributed by atoms with van der Waals surface area (Å²) in [6.45, 7) is 9.13. The summed E-state index contributed by atoms with van der Waals surface area (Å²) < 4.78 is 5.75. The number of unbranched alkanes of at least 4 members (excludes halogenated alkanes) is 1. The fourth-order valence-corrected chi connectivity index (χ4v) is 3.92. The summed E-state index contributed by atoms with van der Waals surface area (Å²) in [7, 11) is 0. The molecule has 2 rings (SSSR count). The lowest BCUT2D eigenvalue weighted by molar-refractivity contribution is 0.0264. The fraction of sp³-hybridized carbons (Fsp3) is 0.947. The van der Waals surface area contributed by atoms with Gasteiger partial charge in [-0.3, -0.25) is 4.99 Å². The lowest BCUT2D eigenvalue weighted by Gasteiger charge is -2.34. The van der Waals surface area contributed by atoms with Crippen LogP contribution in [-0.4, -0.2) is 49.7 Å². The number of hydrogen-bond donors (Lipinski definition) is 1. The number of aliphatic imine (C=N–C) groups is 1. The molecule has 0 spiro atoms. The summed E-state index contributed by atoms with van der Waals surface area (Å²) in [5.41, 5.74) is 0. The number of nitrogens with zero attached hydrogens (tertiary/aromatic N) is 2. The Morgan fingerprint density at radius 3 is 2.42 bits per heavy atom. The molecule has 2 fully saturated rings. The number of halogens is 1. The fourth-order valence-electron chi connectivity index (χ4n) is 3.92. The van der Waals surface area contributed by atoms with Crippen LogP contribution >= 0.6 is 24.0 Å². The average Bonchev–Trinajstić information content (AvgIpc) is 3.08. The molecule has 4 nitrogen and oxygen atoms in total. The van der Waals surface area contributed by atoms with E-state index in [0.717, 1.165) is 57.5 Å². The third-order valence-corrected chi connectivity index (χ3v) is 5.24. The molecular weight excluding hydrogens is 413 g/mol. The third kappa shape index (κ3) is 7.89. The Kier molecular flexibility index (Phi) is 12.1. The number of nitrogens with one attached hydrogen (secondary N) is 1. The zero-order valence-electron chi connectivity index (χ0n) is 15.8. The highest BCUT2D eigenvalue weighted by atomic mass is 127. The van der Waals surface area contributed by atoms with Gasteiger partial charge in [0.25, 0.3) is 0 Å². The van der Waals surface area contributed by atoms with Crippen molar-refractivity contribution in [2.45, 2.75) is 77.7 Å². The van der Waals surface area contributed by atoms with Gasteiger partial charge in [-0.1, -0.05) is 38.5 Å². The zero-order chi connectivity index (χ0) is 16.3. The van der Waals surface area contributed by atoms with Crippen LogP contribution in [0.15, 0.2) is 4.99 Å². The van der Waals surface area contributed by atoms with Crippen molar-refractivity contribution in [1.82, 2.24) is 10.2 Å². The van der Waals surface area contributed by atoms with Gasteiger partial charge in [-0.15, -0.1) is 24.0 Å². The number of ether oxygens (including phenoxy) is 1. The van der Waals surface area contributed by atoms with Gasteiger partial charge in [0.15, 0.2) is 5.96 Å². The van der Waals surface area contributed by atoms with Gasteiger partial charge in [-0.05, 0) is 39.0 Å². The van der Waals surface area contributed by atoms with E-state index in [4.69, 9.17) is 9.73 Å². The number of guanidine groups is 1. The summed E-state index contributed by atoms with van der Waals surface area (Å²) in [5.74, 6) is 2.13. The highest BCUT2D eigenvalue weighted by molar-refractivity contribution is 14.0. The van der Waals surface area contributed by atoms with Crippen LogP contribution in [-0.2, 0) is 4.74 Å². The van der Waals surface area contributed by atoms with E-state index in [9.17, 15) is 0 Å². The Morgan fingerprint density at radius 2 is 1.79 bits per heavy atom. The molecular formula is C19H38IN3O. The van der Waals surface area contributed by atoms with Crippen LogP contribution in [0.1, 0.15) is 71.6 Å². The summed E-state index contributed by atoms with van der Waals surface area (Å²) in [5, 5.41) is 3.47. The molecule has 1 saturated heterocycles. The number of hydrogen-bond acceptors (Lipinski definition) is 2. The molecule has 0 amide bonds. The average molecular weight is 451 g/mol. The van der Waals surface area contributed by atoms with Gasteiger partial charge in [0.05, 0.1) is 6.10 Å². The van der Waals surface area contributed by atoms with Crippen LogP contribution in [0, 0.1) is 5.92 Å². The standard InChI is InChI=1S/C19H37N3O.HI/c1-3-20-19(22-15-12-18(13-16-22)23-4-2)21-14-8-7-11-17-9-5-6-10-17;/h17-18H,3-16H2,1-2H3,(H,20,21);1H. The minimum absolute atomic E-state index is 0. The van der Waals surface area contributed by atoms with E-state index in [1.165, 1.54) is 44.9 Å². The molecule has 0 aromatic rings. The minimum atomic E-state index is 0. The Bertz CT molecular complexity index is 338. The number of piperidine rings is 1. The maximum absolute atomic E-state index is 5.75. The molecule has 0 unspecified atom stereocenters. The largest absolute Gasteiger partial charge is 0.378 e. The van der Waals surface area contributed by atoms with E-state index >= 15 is 0 Å². The van der Waals surface area contributed by atoms with Crippen LogP contribution in [0.5, 0.6) is 0 Å². The van der Waals surface area contributed by atoms with Crippen LogP contribution < -0.4 is 5.32 Å². The van der Waals surface area contributed by atoms with E-state index in [-0.39, 0.29) is 24.0 Å². The smallest absolute Gasteiger partial charge is 0.193 e. The van der Waals surface area contributed by atoms with Crippen molar-refractivity contribution in [2.24, 2.45) is 10.9 Å². The van der Waals surface area contributed by atoms with E-state index in [2.05, 4.69) is 24.1 Å². The number of rotatable bonds is 8. The van der Waals surface area contributed by atoms with E-state index in [1.54, 1.807) is 0 Å². The topological polar surface area (TPSA) is 36.9 Å². The predicted octanol–water partition coefficient (Wildman–Crippen LogP) is 4.43. The molecule has 5 heteroatoms. The first-order valence-corrected chi connectivity index (χ1v) is 9.98. The maximum Gasteiger partial charge on any atom is 0.193 e. The number of likely N-dealkylation sites (tertiary alicyclic amines) is 1. The molecule has 0 atom stereocenters. The van der Waals surface area contributed by atoms with Gasteiger partial charge in [-0.2, -0.15) is 0 Å². The second kappa shape index (κ2) is 13.2. The highest BCUT2D eigenvalue weighted by Gasteiger charge is 2.21. The first-order valence-electron chi connectivity index (χ1n) is 9.98. The molecule has 1 aliphatic heterocycles. The van der Waals surface area contributed by atoms with Gasteiger partial charge in [0.2, 0.25) is 0 Å². The van der Waals surface area contributed by atoms with Crippen molar-refractivity contribution >= 4 is 29.9 Å². The van der Waals surface area contributed by atoms with Gasteiger partial charge in [-0.25, -0.2) is 0 Å². The monoisotopic (exact) mass is 451 g/mol. The second-order valence-electron chi connectivity index (χ2n) is 7.02. The van der Waals surface area contributed by atoms with Crippen LogP contribution in [0.3, 0.4) is 0 Å². The first kappa shape index (κ1) is 22.0. The quantitative estimate of drug-likeness (QED) is 0.257. The molecule has 1 N–H and O–H groups in total. The van der Waals surface area contributed by atoms with E-state index in [0.29, 0.717) is 6.10 Å². The van der Waals surface area contributed by atoms with Crippen LogP contribution in [0.2, 0.25) is 0 Å². The molecule has 0 aromatic carbocycles. The Labute approximate surface area is 166 Å². The van der Waals surface area contributed by atoms with Crippen LogP contribution in [0.4, 0.5) is 0 Å². The molecule has 0 aromatic heterocycles.